The predicted molar refractivity (Wildman–Crippen MR) is 131 cm³/mol. The lowest BCUT2D eigenvalue weighted by molar-refractivity contribution is -0.134. The van der Waals surface area contributed by atoms with E-state index >= 15 is 0 Å². The van der Waals surface area contributed by atoms with Gasteiger partial charge in [-0.1, -0.05) is 50.2 Å². The maximum absolute atomic E-state index is 12.6. The van der Waals surface area contributed by atoms with Gasteiger partial charge >= 0.3 is 6.03 Å². The van der Waals surface area contributed by atoms with E-state index in [1.807, 2.05) is 48.7 Å². The summed E-state index contributed by atoms with van der Waals surface area (Å²) in [6.45, 7) is 5.42. The molecule has 1 aliphatic rings. The molecule has 2 heterocycles. The molecule has 0 aliphatic carbocycles. The van der Waals surface area contributed by atoms with Gasteiger partial charge in [0.1, 0.15) is 17.9 Å². The van der Waals surface area contributed by atoms with Gasteiger partial charge in [0.15, 0.2) is 0 Å². The Kier molecular flexibility index (Phi) is 6.54. The first-order valence-electron chi connectivity index (χ1n) is 11.4. The third kappa shape index (κ3) is 4.21. The molecule has 0 N–H and O–H groups in total. The largest absolute Gasteiger partial charge is 0.491 e. The molecule has 176 valence electrons. The van der Waals surface area contributed by atoms with Gasteiger partial charge in [0.2, 0.25) is 0 Å². The number of nitrogens with zero attached hydrogens (tertiary/aromatic N) is 3. The topological polar surface area (TPSA) is 71.8 Å². The van der Waals surface area contributed by atoms with Crippen LogP contribution in [0.1, 0.15) is 37.3 Å². The number of imide groups is 2. The Balaban J connectivity index is 1.61. The fourth-order valence-electron chi connectivity index (χ4n) is 4.20. The van der Waals surface area contributed by atoms with Gasteiger partial charge < -0.3 is 9.30 Å². The van der Waals surface area contributed by atoms with E-state index < -0.39 is 17.8 Å². The monoisotopic (exact) mass is 459 g/mol. The van der Waals surface area contributed by atoms with Gasteiger partial charge in [-0.15, -0.1) is 0 Å². The Hall–Kier alpha value is -3.87. The average Bonchev–Trinajstić information content (AvgIpc) is 3.21. The van der Waals surface area contributed by atoms with Crippen molar-refractivity contribution in [3.05, 3.63) is 71.4 Å². The number of fused-ring (bicyclic) bond motifs is 1. The number of likely N-dealkylation sites (N-methyl/N-ethyl adjacent to an activating group) is 2. The molecule has 0 saturated carbocycles. The third-order valence-corrected chi connectivity index (χ3v) is 6.42. The Morgan fingerprint density at radius 3 is 2.29 bits per heavy atom. The zero-order chi connectivity index (χ0) is 24.4. The third-order valence-electron chi connectivity index (χ3n) is 6.42. The number of hydrogen-bond donors (Lipinski definition) is 0. The summed E-state index contributed by atoms with van der Waals surface area (Å²) >= 11 is 0. The van der Waals surface area contributed by atoms with Crippen molar-refractivity contribution < 1.29 is 19.1 Å². The first-order chi connectivity index (χ1) is 16.3. The molecule has 1 saturated heterocycles. The molecule has 0 unspecified atom stereocenters. The van der Waals surface area contributed by atoms with E-state index in [0.29, 0.717) is 19.1 Å². The number of benzene rings is 2. The van der Waals surface area contributed by atoms with Crippen molar-refractivity contribution in [3.63, 3.8) is 0 Å². The number of urea groups is 1. The minimum absolute atomic E-state index is 0.0359. The number of aromatic nitrogens is 1. The predicted octanol–water partition coefficient (Wildman–Crippen LogP) is 4.67. The second-order valence-electron chi connectivity index (χ2n) is 8.56. The van der Waals surface area contributed by atoms with Crippen molar-refractivity contribution in [2.75, 3.05) is 20.7 Å². The fourth-order valence-corrected chi connectivity index (χ4v) is 4.20. The Bertz CT molecular complexity index is 1260. The summed E-state index contributed by atoms with van der Waals surface area (Å²) in [7, 11) is 2.75. The molecule has 0 spiro atoms. The van der Waals surface area contributed by atoms with E-state index in [1.165, 1.54) is 19.7 Å². The molecule has 7 heteroatoms. The van der Waals surface area contributed by atoms with Gasteiger partial charge in [-0.25, -0.2) is 4.79 Å². The van der Waals surface area contributed by atoms with Crippen molar-refractivity contribution in [2.45, 2.75) is 32.7 Å². The van der Waals surface area contributed by atoms with Crippen LogP contribution in [0.2, 0.25) is 0 Å². The molecule has 4 rings (SSSR count). The standard InChI is InChI=1S/C27H29N3O4/c1-5-18(2)20-10-7-9-13-24(20)34-15-14-30-17-19(21-11-6-8-12-23(21)30)16-22-25(31)28(3)27(33)29(4)26(22)32/h6-13,16-18H,5,14-15H2,1-4H3/t18-/m1/s1. The minimum Gasteiger partial charge on any atom is -0.491 e. The molecule has 7 nitrogen and oxygen atoms in total. The van der Waals surface area contributed by atoms with Crippen LogP contribution in [0.3, 0.4) is 0 Å². The van der Waals surface area contributed by atoms with Gasteiger partial charge in [0, 0.05) is 36.8 Å². The highest BCUT2D eigenvalue weighted by Crippen LogP contribution is 2.29. The minimum atomic E-state index is -0.635. The molecule has 2 aromatic carbocycles. The molecule has 34 heavy (non-hydrogen) atoms. The van der Waals surface area contributed by atoms with Gasteiger partial charge in [0.05, 0.1) is 6.54 Å². The Morgan fingerprint density at radius 1 is 0.941 bits per heavy atom. The van der Waals surface area contributed by atoms with E-state index in [9.17, 15) is 14.4 Å². The Labute approximate surface area is 199 Å². The molecule has 1 aromatic heterocycles. The van der Waals surface area contributed by atoms with Crippen LogP contribution in [-0.2, 0) is 16.1 Å². The number of barbiturate groups is 1. The molecule has 1 aliphatic heterocycles. The summed E-state index contributed by atoms with van der Waals surface area (Å²) in [5.41, 5.74) is 2.88. The molecular formula is C27H29N3O4. The smallest absolute Gasteiger partial charge is 0.333 e. The maximum Gasteiger partial charge on any atom is 0.333 e. The lowest BCUT2D eigenvalue weighted by atomic mass is 9.98. The second-order valence-corrected chi connectivity index (χ2v) is 8.56. The van der Waals surface area contributed by atoms with Crippen molar-refractivity contribution >= 4 is 34.8 Å². The molecular weight excluding hydrogens is 430 g/mol. The summed E-state index contributed by atoms with van der Waals surface area (Å²) in [5.74, 6) is 0.102. The number of ether oxygens (including phenoxy) is 1. The zero-order valence-electron chi connectivity index (χ0n) is 19.9. The summed E-state index contributed by atoms with van der Waals surface area (Å²) in [6.07, 6.45) is 4.52. The van der Waals surface area contributed by atoms with Gasteiger partial charge in [-0.2, -0.15) is 0 Å². The number of carbonyl (C=O) groups is 3. The molecule has 0 bridgehead atoms. The lowest BCUT2D eigenvalue weighted by Gasteiger charge is -2.28. The van der Waals surface area contributed by atoms with Crippen LogP contribution in [0.4, 0.5) is 4.79 Å². The van der Waals surface area contributed by atoms with E-state index in [1.54, 1.807) is 6.08 Å². The van der Waals surface area contributed by atoms with Crippen LogP contribution in [-0.4, -0.2) is 52.9 Å². The van der Waals surface area contributed by atoms with E-state index in [-0.39, 0.29) is 5.57 Å². The number of carbonyl (C=O) groups excluding carboxylic acids is 3. The van der Waals surface area contributed by atoms with Crippen molar-refractivity contribution in [1.82, 2.24) is 14.4 Å². The summed E-state index contributed by atoms with van der Waals surface area (Å²) in [4.78, 5) is 39.2. The number of para-hydroxylation sites is 2. The second kappa shape index (κ2) is 9.55. The average molecular weight is 460 g/mol. The van der Waals surface area contributed by atoms with Crippen LogP contribution >= 0.6 is 0 Å². The van der Waals surface area contributed by atoms with E-state index in [0.717, 1.165) is 38.4 Å². The van der Waals surface area contributed by atoms with Gasteiger partial charge in [-0.05, 0) is 36.1 Å². The van der Waals surface area contributed by atoms with Crippen molar-refractivity contribution in [1.29, 1.82) is 0 Å². The highest BCUT2D eigenvalue weighted by molar-refractivity contribution is 6.31. The van der Waals surface area contributed by atoms with Crippen LogP contribution < -0.4 is 4.74 Å². The molecule has 1 fully saturated rings. The summed E-state index contributed by atoms with van der Waals surface area (Å²) in [5, 5.41) is 0.915. The maximum atomic E-state index is 12.6. The van der Waals surface area contributed by atoms with Gasteiger partial charge in [0.25, 0.3) is 11.8 Å². The number of amides is 4. The van der Waals surface area contributed by atoms with Crippen LogP contribution in [0.5, 0.6) is 5.75 Å². The van der Waals surface area contributed by atoms with Crippen LogP contribution in [0.15, 0.2) is 60.3 Å². The molecule has 0 radical (unpaired) electrons. The SMILES string of the molecule is CC[C@@H](C)c1ccccc1OCCn1cc(C=C2C(=O)N(C)C(=O)N(C)C2=O)c2ccccc21. The lowest BCUT2D eigenvalue weighted by Crippen LogP contribution is -2.52. The van der Waals surface area contributed by atoms with E-state index in [2.05, 4.69) is 24.5 Å². The normalized spacial score (nSPS) is 15.3. The van der Waals surface area contributed by atoms with Crippen molar-refractivity contribution in [3.8, 4) is 5.75 Å². The number of rotatable bonds is 7. The zero-order valence-corrected chi connectivity index (χ0v) is 19.9. The van der Waals surface area contributed by atoms with Crippen LogP contribution in [0.25, 0.3) is 17.0 Å². The molecule has 1 atom stereocenters. The van der Waals surface area contributed by atoms with Crippen molar-refractivity contribution in [2.24, 2.45) is 0 Å². The first kappa shape index (κ1) is 23.3. The number of hydrogen-bond acceptors (Lipinski definition) is 4. The summed E-state index contributed by atoms with van der Waals surface area (Å²) in [6, 6.07) is 15.3. The summed E-state index contributed by atoms with van der Waals surface area (Å²) < 4.78 is 8.21. The molecule has 3 aromatic rings. The van der Waals surface area contributed by atoms with Crippen LogP contribution in [0, 0.1) is 0 Å². The highest BCUT2D eigenvalue weighted by Gasteiger charge is 2.37. The quantitative estimate of drug-likeness (QED) is 0.380. The van der Waals surface area contributed by atoms with Gasteiger partial charge in [-0.3, -0.25) is 19.4 Å². The van der Waals surface area contributed by atoms with E-state index in [4.69, 9.17) is 4.74 Å². The first-order valence-corrected chi connectivity index (χ1v) is 11.4. The highest BCUT2D eigenvalue weighted by atomic mass is 16.5. The molecule has 4 amide bonds. The Morgan fingerprint density at radius 2 is 1.59 bits per heavy atom. The fraction of sp³-hybridized carbons (Fsp3) is 0.296.